The van der Waals surface area contributed by atoms with Crippen LogP contribution >= 0.6 is 0 Å². The highest BCUT2D eigenvalue weighted by Crippen LogP contribution is 2.20. The van der Waals surface area contributed by atoms with Gasteiger partial charge < -0.3 is 9.94 Å². The Hall–Kier alpha value is -1.26. The van der Waals surface area contributed by atoms with Gasteiger partial charge in [-0.05, 0) is 41.5 Å². The van der Waals surface area contributed by atoms with Crippen LogP contribution in [-0.2, 0) is 9.63 Å². The lowest BCUT2D eigenvalue weighted by Gasteiger charge is -2.32. The van der Waals surface area contributed by atoms with Gasteiger partial charge in [0, 0.05) is 0 Å². The molecule has 0 aliphatic heterocycles. The first-order valence-corrected chi connectivity index (χ1v) is 4.72. The Balaban J connectivity index is 4.74. The second kappa shape index (κ2) is 4.08. The lowest BCUT2D eigenvalue weighted by molar-refractivity contribution is -0.207. The van der Waals surface area contributed by atoms with Crippen LogP contribution in [0.1, 0.15) is 41.5 Å². The van der Waals surface area contributed by atoms with Gasteiger partial charge in [0.15, 0.2) is 0 Å². The van der Waals surface area contributed by atoms with E-state index in [2.05, 4.69) is 0 Å². The third-order valence-electron chi connectivity index (χ3n) is 1.57. The van der Waals surface area contributed by atoms with Crippen LogP contribution in [0.3, 0.4) is 0 Å². The van der Waals surface area contributed by atoms with Crippen LogP contribution in [0.15, 0.2) is 0 Å². The van der Waals surface area contributed by atoms with Crippen molar-refractivity contribution >= 4 is 12.1 Å². The molecule has 0 bridgehead atoms. The second-order valence-corrected chi connectivity index (χ2v) is 5.38. The molecule has 0 heterocycles. The first kappa shape index (κ1) is 13.7. The molecular weight excluding hydrogens is 198 g/mol. The monoisotopic (exact) mass is 217 g/mol. The summed E-state index contributed by atoms with van der Waals surface area (Å²) >= 11 is 0. The van der Waals surface area contributed by atoms with Gasteiger partial charge in [-0.2, -0.15) is 0 Å². The third kappa shape index (κ3) is 4.18. The highest BCUT2D eigenvalue weighted by atomic mass is 16.7. The lowest BCUT2D eigenvalue weighted by Crippen LogP contribution is -2.47. The van der Waals surface area contributed by atoms with E-state index in [-0.39, 0.29) is 0 Å². The van der Waals surface area contributed by atoms with Gasteiger partial charge in [0.05, 0.1) is 11.0 Å². The van der Waals surface area contributed by atoms with Crippen LogP contribution in [0.25, 0.3) is 0 Å². The van der Waals surface area contributed by atoms with Crippen molar-refractivity contribution in [3.8, 4) is 0 Å². The zero-order chi connectivity index (χ0) is 12.4. The summed E-state index contributed by atoms with van der Waals surface area (Å²) in [5.74, 6) is -0.570. The summed E-state index contributed by atoms with van der Waals surface area (Å²) in [6.45, 7) is 9.94. The van der Waals surface area contributed by atoms with Crippen LogP contribution in [0, 0.1) is 5.41 Å². The summed E-state index contributed by atoms with van der Waals surface area (Å²) in [5.41, 5.74) is -1.49. The highest BCUT2D eigenvalue weighted by Gasteiger charge is 2.34. The molecule has 5 nitrogen and oxygen atoms in total. The average molecular weight is 217 g/mol. The maximum absolute atomic E-state index is 11.5. The van der Waals surface area contributed by atoms with Crippen molar-refractivity contribution in [1.82, 2.24) is 5.06 Å². The molecule has 0 fully saturated rings. The molecule has 0 aliphatic carbocycles. The van der Waals surface area contributed by atoms with E-state index in [1.54, 1.807) is 41.5 Å². The molecule has 0 rings (SSSR count). The minimum Gasteiger partial charge on any atom is -0.463 e. The molecule has 0 radical (unpaired) electrons. The molecule has 0 saturated carbocycles. The Morgan fingerprint density at radius 3 is 1.67 bits per heavy atom. The molecule has 15 heavy (non-hydrogen) atoms. The van der Waals surface area contributed by atoms with E-state index in [1.807, 2.05) is 0 Å². The van der Waals surface area contributed by atoms with Gasteiger partial charge in [0.2, 0.25) is 0 Å². The van der Waals surface area contributed by atoms with E-state index in [1.165, 1.54) is 0 Å². The Labute approximate surface area is 90.0 Å². The molecule has 5 heteroatoms. The van der Waals surface area contributed by atoms with Gasteiger partial charge in [-0.3, -0.25) is 0 Å². The fraction of sp³-hybridized carbons (Fsp3) is 0.800. The van der Waals surface area contributed by atoms with Gasteiger partial charge in [-0.15, -0.1) is 5.06 Å². The molecule has 0 spiro atoms. The number of carbonyl (C=O) groups excluding carboxylic acids is 1. The fourth-order valence-electron chi connectivity index (χ4n) is 0.683. The number of hydrogen-bond acceptors (Lipinski definition) is 3. The summed E-state index contributed by atoms with van der Waals surface area (Å²) in [4.78, 5) is 27.2. The summed E-state index contributed by atoms with van der Waals surface area (Å²) < 4.78 is 0. The SMILES string of the molecule is CC(C)(C)C(=O)ON(C(=O)O)C(C)(C)C. The van der Waals surface area contributed by atoms with E-state index in [4.69, 9.17) is 9.94 Å². The van der Waals surface area contributed by atoms with Gasteiger partial charge in [0.25, 0.3) is 0 Å². The van der Waals surface area contributed by atoms with Crippen molar-refractivity contribution in [3.63, 3.8) is 0 Å². The second-order valence-electron chi connectivity index (χ2n) is 5.38. The van der Waals surface area contributed by atoms with E-state index in [9.17, 15) is 9.59 Å². The van der Waals surface area contributed by atoms with Crippen molar-refractivity contribution in [2.75, 3.05) is 0 Å². The van der Waals surface area contributed by atoms with Crippen molar-refractivity contribution in [3.05, 3.63) is 0 Å². The summed E-state index contributed by atoms with van der Waals surface area (Å²) in [6, 6.07) is 0. The van der Waals surface area contributed by atoms with Crippen molar-refractivity contribution in [2.24, 2.45) is 5.41 Å². The van der Waals surface area contributed by atoms with Gasteiger partial charge in [0.1, 0.15) is 0 Å². The van der Waals surface area contributed by atoms with Crippen molar-refractivity contribution in [2.45, 2.75) is 47.1 Å². The number of hydroxylamine groups is 2. The average Bonchev–Trinajstić information content (AvgIpc) is 1.94. The summed E-state index contributed by atoms with van der Waals surface area (Å²) in [5, 5.41) is 9.54. The zero-order valence-corrected chi connectivity index (χ0v) is 10.1. The van der Waals surface area contributed by atoms with Gasteiger partial charge in [-0.25, -0.2) is 9.59 Å². The highest BCUT2D eigenvalue weighted by molar-refractivity contribution is 5.77. The Bertz CT molecular complexity index is 260. The van der Waals surface area contributed by atoms with E-state index >= 15 is 0 Å². The Kier molecular flexibility index (Phi) is 3.74. The molecule has 1 amide bonds. The molecule has 0 atom stereocenters. The molecule has 0 aromatic carbocycles. The molecule has 0 saturated heterocycles. The largest absolute Gasteiger partial charge is 0.463 e. The zero-order valence-electron chi connectivity index (χ0n) is 10.1. The third-order valence-corrected chi connectivity index (χ3v) is 1.57. The predicted octanol–water partition coefficient (Wildman–Crippen LogP) is 2.27. The number of carbonyl (C=O) groups is 2. The molecular formula is C10H19NO4. The fourth-order valence-corrected chi connectivity index (χ4v) is 0.683. The van der Waals surface area contributed by atoms with Crippen LogP contribution in [-0.4, -0.2) is 27.8 Å². The first-order valence-electron chi connectivity index (χ1n) is 4.72. The number of rotatable bonds is 0. The molecule has 0 aromatic heterocycles. The van der Waals surface area contributed by atoms with Crippen LogP contribution in [0.5, 0.6) is 0 Å². The standard InChI is InChI=1S/C10H19NO4/c1-9(2,3)7(12)15-11(8(13)14)10(4,5)6/h1-6H3,(H,13,14). The molecule has 0 aromatic rings. The van der Waals surface area contributed by atoms with E-state index in [0.29, 0.717) is 5.06 Å². The number of carboxylic acid groups (broad SMARTS) is 1. The molecule has 0 aliphatic rings. The molecule has 1 N–H and O–H groups in total. The molecule has 0 unspecified atom stereocenters. The van der Waals surface area contributed by atoms with Crippen LogP contribution < -0.4 is 0 Å². The topological polar surface area (TPSA) is 66.8 Å². The Morgan fingerprint density at radius 2 is 1.47 bits per heavy atom. The number of nitrogens with zero attached hydrogens (tertiary/aromatic N) is 1. The minimum absolute atomic E-state index is 0.570. The van der Waals surface area contributed by atoms with Crippen LogP contribution in [0.4, 0.5) is 4.79 Å². The maximum atomic E-state index is 11.5. The number of hydrogen-bond donors (Lipinski definition) is 1. The molecule has 88 valence electrons. The number of amides is 1. The predicted molar refractivity (Wildman–Crippen MR) is 55.2 cm³/mol. The van der Waals surface area contributed by atoms with Crippen molar-refractivity contribution < 1.29 is 19.5 Å². The minimum atomic E-state index is -1.28. The van der Waals surface area contributed by atoms with Crippen LogP contribution in [0.2, 0.25) is 0 Å². The lowest BCUT2D eigenvalue weighted by atomic mass is 9.98. The summed E-state index contributed by atoms with van der Waals surface area (Å²) in [6.07, 6.45) is -1.28. The van der Waals surface area contributed by atoms with Gasteiger partial charge >= 0.3 is 12.1 Å². The summed E-state index contributed by atoms with van der Waals surface area (Å²) in [7, 11) is 0. The normalized spacial score (nSPS) is 12.1. The van der Waals surface area contributed by atoms with Crippen molar-refractivity contribution in [1.29, 1.82) is 0 Å². The van der Waals surface area contributed by atoms with Gasteiger partial charge in [-0.1, -0.05) is 0 Å². The Morgan fingerprint density at radius 1 is 1.07 bits per heavy atom. The smallest absolute Gasteiger partial charge is 0.441 e. The maximum Gasteiger partial charge on any atom is 0.441 e. The van der Waals surface area contributed by atoms with E-state index in [0.717, 1.165) is 0 Å². The quantitative estimate of drug-likeness (QED) is 0.632. The van der Waals surface area contributed by atoms with E-state index < -0.39 is 23.0 Å². The first-order chi connectivity index (χ1) is 6.46.